The van der Waals surface area contributed by atoms with Gasteiger partial charge in [0.1, 0.15) is 0 Å². The van der Waals surface area contributed by atoms with Crippen molar-refractivity contribution in [3.05, 3.63) is 58.1 Å². The summed E-state index contributed by atoms with van der Waals surface area (Å²) in [6.07, 6.45) is 6.99. The van der Waals surface area contributed by atoms with E-state index < -0.39 is 6.10 Å². The van der Waals surface area contributed by atoms with Crippen molar-refractivity contribution in [2.45, 2.75) is 19.4 Å². The van der Waals surface area contributed by atoms with E-state index in [4.69, 9.17) is 0 Å². The highest BCUT2D eigenvalue weighted by molar-refractivity contribution is 9.10. The van der Waals surface area contributed by atoms with Crippen LogP contribution >= 0.6 is 15.9 Å². The van der Waals surface area contributed by atoms with E-state index in [9.17, 15) is 5.11 Å². The second-order valence-corrected chi connectivity index (χ2v) is 4.88. The normalized spacial score (nSPS) is 12.4. The average Bonchev–Trinajstić information content (AvgIpc) is 2.29. The number of rotatable bonds is 3. The van der Waals surface area contributed by atoms with Crippen LogP contribution < -0.4 is 0 Å². The molecule has 1 atom stereocenters. The fourth-order valence-electron chi connectivity index (χ4n) is 1.76. The molecule has 4 heteroatoms. The number of aliphatic hydroxyl groups excluding tert-OH is 1. The number of aliphatic hydroxyl groups is 1. The van der Waals surface area contributed by atoms with Crippen LogP contribution in [0.5, 0.6) is 0 Å². The van der Waals surface area contributed by atoms with E-state index in [1.807, 2.05) is 19.1 Å². The van der Waals surface area contributed by atoms with Gasteiger partial charge in [0, 0.05) is 35.7 Å². The number of aromatic nitrogens is 2. The van der Waals surface area contributed by atoms with Crippen LogP contribution in [-0.2, 0) is 6.42 Å². The van der Waals surface area contributed by atoms with Gasteiger partial charge >= 0.3 is 0 Å². The molecule has 1 unspecified atom stereocenters. The van der Waals surface area contributed by atoms with Crippen LogP contribution in [0.1, 0.15) is 22.8 Å². The molecule has 2 aromatic heterocycles. The number of hydrogen-bond acceptors (Lipinski definition) is 3. The monoisotopic (exact) mass is 292 g/mol. The lowest BCUT2D eigenvalue weighted by molar-refractivity contribution is 0.177. The highest BCUT2D eigenvalue weighted by Gasteiger charge is 2.11. The van der Waals surface area contributed by atoms with Gasteiger partial charge in [0.05, 0.1) is 6.10 Å². The van der Waals surface area contributed by atoms with Crippen LogP contribution in [0, 0.1) is 6.92 Å². The molecule has 17 heavy (non-hydrogen) atoms. The Balaban J connectivity index is 2.17. The zero-order valence-electron chi connectivity index (χ0n) is 9.47. The molecular formula is C13H13BrN2O. The van der Waals surface area contributed by atoms with E-state index >= 15 is 0 Å². The van der Waals surface area contributed by atoms with E-state index in [0.717, 1.165) is 21.2 Å². The molecule has 0 aliphatic rings. The molecule has 88 valence electrons. The van der Waals surface area contributed by atoms with Gasteiger partial charge in [-0.1, -0.05) is 0 Å². The van der Waals surface area contributed by atoms with Crippen LogP contribution in [0.15, 0.2) is 41.4 Å². The van der Waals surface area contributed by atoms with E-state index in [1.165, 1.54) is 0 Å². The Morgan fingerprint density at radius 3 is 2.82 bits per heavy atom. The maximum atomic E-state index is 10.2. The Morgan fingerprint density at radius 2 is 2.12 bits per heavy atom. The first kappa shape index (κ1) is 12.2. The number of nitrogens with zero attached hydrogens (tertiary/aromatic N) is 2. The van der Waals surface area contributed by atoms with Crippen LogP contribution in [-0.4, -0.2) is 15.1 Å². The summed E-state index contributed by atoms with van der Waals surface area (Å²) in [4.78, 5) is 8.10. The molecule has 0 saturated heterocycles. The molecule has 2 aromatic rings. The van der Waals surface area contributed by atoms with Crippen LogP contribution in [0.25, 0.3) is 0 Å². The van der Waals surface area contributed by atoms with Crippen molar-refractivity contribution in [3.8, 4) is 0 Å². The number of halogens is 1. The molecule has 0 saturated carbocycles. The SMILES string of the molecule is Cc1cnccc1C(O)Cc1cncc(Br)c1. The lowest BCUT2D eigenvalue weighted by Crippen LogP contribution is -2.04. The van der Waals surface area contributed by atoms with Gasteiger partial charge < -0.3 is 5.11 Å². The van der Waals surface area contributed by atoms with Gasteiger partial charge in [0.15, 0.2) is 0 Å². The van der Waals surface area contributed by atoms with Crippen molar-refractivity contribution < 1.29 is 5.11 Å². The van der Waals surface area contributed by atoms with Gasteiger partial charge in [-0.05, 0) is 51.7 Å². The highest BCUT2D eigenvalue weighted by atomic mass is 79.9. The maximum absolute atomic E-state index is 10.2. The maximum Gasteiger partial charge on any atom is 0.0834 e. The summed E-state index contributed by atoms with van der Waals surface area (Å²) in [7, 11) is 0. The lowest BCUT2D eigenvalue weighted by Gasteiger charge is -2.13. The molecule has 0 amide bonds. The topological polar surface area (TPSA) is 46.0 Å². The Hall–Kier alpha value is -1.26. The molecule has 2 heterocycles. The Labute approximate surface area is 109 Å². The van der Waals surface area contributed by atoms with Gasteiger partial charge in [0.25, 0.3) is 0 Å². The highest BCUT2D eigenvalue weighted by Crippen LogP contribution is 2.21. The van der Waals surface area contributed by atoms with Gasteiger partial charge in [-0.2, -0.15) is 0 Å². The van der Waals surface area contributed by atoms with E-state index in [2.05, 4.69) is 25.9 Å². The molecule has 0 aliphatic carbocycles. The van der Waals surface area contributed by atoms with E-state index in [-0.39, 0.29) is 0 Å². The minimum Gasteiger partial charge on any atom is -0.388 e. The smallest absolute Gasteiger partial charge is 0.0834 e. The molecule has 0 bridgehead atoms. The molecule has 0 aromatic carbocycles. The first-order chi connectivity index (χ1) is 8.16. The first-order valence-electron chi connectivity index (χ1n) is 5.35. The zero-order valence-corrected chi connectivity index (χ0v) is 11.1. The molecule has 3 nitrogen and oxygen atoms in total. The standard InChI is InChI=1S/C13H13BrN2O/c1-9-6-15-3-2-12(9)13(17)5-10-4-11(14)8-16-7-10/h2-4,6-8,13,17H,5H2,1H3. The summed E-state index contributed by atoms with van der Waals surface area (Å²) in [5.74, 6) is 0. The van der Waals surface area contributed by atoms with Crippen molar-refractivity contribution in [2.75, 3.05) is 0 Å². The average molecular weight is 293 g/mol. The summed E-state index contributed by atoms with van der Waals surface area (Å²) in [6.45, 7) is 1.95. The quantitative estimate of drug-likeness (QED) is 0.946. The molecule has 1 N–H and O–H groups in total. The Kier molecular flexibility index (Phi) is 3.86. The van der Waals surface area contributed by atoms with Crippen molar-refractivity contribution >= 4 is 15.9 Å². The third kappa shape index (κ3) is 3.11. The van der Waals surface area contributed by atoms with Crippen LogP contribution in [0.4, 0.5) is 0 Å². The summed E-state index contributed by atoms with van der Waals surface area (Å²) in [5.41, 5.74) is 2.92. The zero-order chi connectivity index (χ0) is 12.3. The minimum atomic E-state index is -0.519. The van der Waals surface area contributed by atoms with Gasteiger partial charge in [-0.15, -0.1) is 0 Å². The summed E-state index contributed by atoms with van der Waals surface area (Å²) in [6, 6.07) is 3.82. The molecule has 0 fully saturated rings. The number of aryl methyl sites for hydroxylation is 1. The van der Waals surface area contributed by atoms with Gasteiger partial charge in [0.2, 0.25) is 0 Å². The summed E-state index contributed by atoms with van der Waals surface area (Å²) in [5, 5.41) is 10.2. The number of hydrogen-bond donors (Lipinski definition) is 1. The fourth-order valence-corrected chi connectivity index (χ4v) is 2.17. The molecule has 0 spiro atoms. The van der Waals surface area contributed by atoms with Crippen molar-refractivity contribution in [2.24, 2.45) is 0 Å². The third-order valence-corrected chi connectivity index (χ3v) is 3.05. The Bertz CT molecular complexity index is 516. The first-order valence-corrected chi connectivity index (χ1v) is 6.14. The van der Waals surface area contributed by atoms with Crippen molar-refractivity contribution in [3.63, 3.8) is 0 Å². The second kappa shape index (κ2) is 5.38. The largest absolute Gasteiger partial charge is 0.388 e. The lowest BCUT2D eigenvalue weighted by atomic mass is 10.0. The minimum absolute atomic E-state index is 0.519. The summed E-state index contributed by atoms with van der Waals surface area (Å²) >= 11 is 3.37. The van der Waals surface area contributed by atoms with Crippen LogP contribution in [0.3, 0.4) is 0 Å². The van der Waals surface area contributed by atoms with Crippen molar-refractivity contribution in [1.29, 1.82) is 0 Å². The molecule has 0 aliphatic heterocycles. The van der Waals surface area contributed by atoms with E-state index in [1.54, 1.807) is 24.8 Å². The van der Waals surface area contributed by atoms with E-state index in [0.29, 0.717) is 6.42 Å². The predicted octanol–water partition coefficient (Wildman–Crippen LogP) is 2.82. The molecule has 0 radical (unpaired) electrons. The second-order valence-electron chi connectivity index (χ2n) is 3.96. The van der Waals surface area contributed by atoms with Crippen LogP contribution in [0.2, 0.25) is 0 Å². The Morgan fingerprint density at radius 1 is 1.29 bits per heavy atom. The summed E-state index contributed by atoms with van der Waals surface area (Å²) < 4.78 is 0.925. The fraction of sp³-hybridized carbons (Fsp3) is 0.231. The molecule has 2 rings (SSSR count). The van der Waals surface area contributed by atoms with Gasteiger partial charge in [-0.25, -0.2) is 0 Å². The predicted molar refractivity (Wildman–Crippen MR) is 69.6 cm³/mol. The third-order valence-electron chi connectivity index (χ3n) is 2.61. The molecular weight excluding hydrogens is 280 g/mol. The van der Waals surface area contributed by atoms with Gasteiger partial charge in [-0.3, -0.25) is 9.97 Å². The number of pyridine rings is 2. The van der Waals surface area contributed by atoms with Crippen molar-refractivity contribution in [1.82, 2.24) is 9.97 Å².